The van der Waals surface area contributed by atoms with Gasteiger partial charge < -0.3 is 24.8 Å². The molecule has 1 heterocycles. The first-order chi connectivity index (χ1) is 12.7. The summed E-state index contributed by atoms with van der Waals surface area (Å²) in [5.74, 6) is 1.64. The van der Waals surface area contributed by atoms with E-state index in [1.807, 2.05) is 31.2 Å². The Morgan fingerprint density at radius 1 is 1.37 bits per heavy atom. The Bertz CT molecular complexity index is 557. The lowest BCUT2D eigenvalue weighted by Crippen LogP contribution is -2.39. The maximum Gasteiger partial charge on any atom is 0.191 e. The first kappa shape index (κ1) is 24.5. The Balaban J connectivity index is 0.00000364. The highest BCUT2D eigenvalue weighted by Crippen LogP contribution is 2.24. The van der Waals surface area contributed by atoms with Gasteiger partial charge in [-0.2, -0.15) is 0 Å². The van der Waals surface area contributed by atoms with Gasteiger partial charge in [-0.1, -0.05) is 12.1 Å². The zero-order valence-electron chi connectivity index (χ0n) is 16.1. The van der Waals surface area contributed by atoms with E-state index in [9.17, 15) is 0 Å². The second-order valence-corrected chi connectivity index (χ2v) is 7.07. The number of benzene rings is 1. The van der Waals surface area contributed by atoms with Crippen LogP contribution in [0.4, 0.5) is 0 Å². The molecule has 0 radical (unpaired) electrons. The summed E-state index contributed by atoms with van der Waals surface area (Å²) in [6, 6.07) is 7.84. The van der Waals surface area contributed by atoms with E-state index in [4.69, 9.17) is 14.2 Å². The van der Waals surface area contributed by atoms with Gasteiger partial charge in [-0.3, -0.25) is 0 Å². The van der Waals surface area contributed by atoms with Crippen molar-refractivity contribution in [2.45, 2.75) is 38.9 Å². The molecule has 2 N–H and O–H groups in total. The maximum absolute atomic E-state index is 5.93. The van der Waals surface area contributed by atoms with Crippen molar-refractivity contribution in [3.05, 3.63) is 28.7 Å². The molecule has 8 heteroatoms. The van der Waals surface area contributed by atoms with Crippen LogP contribution in [-0.2, 0) is 9.47 Å². The predicted octanol–water partition coefficient (Wildman–Crippen LogP) is 3.59. The summed E-state index contributed by atoms with van der Waals surface area (Å²) >= 11 is 3.50. The lowest BCUT2D eigenvalue weighted by Gasteiger charge is -2.16. The van der Waals surface area contributed by atoms with E-state index in [0.717, 1.165) is 61.9 Å². The quantitative estimate of drug-likeness (QED) is 0.200. The van der Waals surface area contributed by atoms with Gasteiger partial charge in [0, 0.05) is 26.3 Å². The highest BCUT2D eigenvalue weighted by molar-refractivity contribution is 14.0. The van der Waals surface area contributed by atoms with Gasteiger partial charge in [0.15, 0.2) is 5.96 Å². The number of para-hydroxylation sites is 1. The molecule has 1 aromatic rings. The average molecular weight is 556 g/mol. The number of nitrogens with zero attached hydrogens (tertiary/aromatic N) is 1. The minimum Gasteiger partial charge on any atom is -0.488 e. The zero-order valence-corrected chi connectivity index (χ0v) is 20.0. The lowest BCUT2D eigenvalue weighted by molar-refractivity contribution is 0.0420. The molecule has 1 fully saturated rings. The Morgan fingerprint density at radius 2 is 2.19 bits per heavy atom. The molecule has 0 saturated carbocycles. The van der Waals surface area contributed by atoms with Gasteiger partial charge >= 0.3 is 0 Å². The number of aliphatic imine (C=N–C) groups is 1. The Hall–Kier alpha value is -0.580. The molecule has 2 rings (SSSR count). The first-order valence-electron chi connectivity index (χ1n) is 9.31. The Labute approximate surface area is 188 Å². The van der Waals surface area contributed by atoms with E-state index in [1.54, 1.807) is 0 Å². The average Bonchev–Trinajstić information content (AvgIpc) is 3.15. The molecule has 0 spiro atoms. The topological polar surface area (TPSA) is 64.1 Å². The molecule has 1 aliphatic heterocycles. The molecule has 6 nitrogen and oxygen atoms in total. The SMILES string of the molecule is CCNC(=NCC(C)Oc1ccccc1Br)NCCCOC1CCOC1.I. The number of ether oxygens (including phenoxy) is 3. The third-order valence-electron chi connectivity index (χ3n) is 3.87. The molecular weight excluding hydrogens is 525 g/mol. The summed E-state index contributed by atoms with van der Waals surface area (Å²) in [6.07, 6.45) is 2.19. The minimum absolute atomic E-state index is 0. The van der Waals surface area contributed by atoms with Crippen LogP contribution in [0.2, 0.25) is 0 Å². The fourth-order valence-electron chi connectivity index (χ4n) is 2.53. The van der Waals surface area contributed by atoms with Crippen molar-refractivity contribution >= 4 is 45.9 Å². The van der Waals surface area contributed by atoms with Crippen molar-refractivity contribution < 1.29 is 14.2 Å². The third-order valence-corrected chi connectivity index (χ3v) is 4.53. The summed E-state index contributed by atoms with van der Waals surface area (Å²) in [5, 5.41) is 6.60. The van der Waals surface area contributed by atoms with Crippen LogP contribution in [0, 0.1) is 0 Å². The summed E-state index contributed by atoms with van der Waals surface area (Å²) in [5.41, 5.74) is 0. The van der Waals surface area contributed by atoms with Gasteiger partial charge in [0.2, 0.25) is 0 Å². The van der Waals surface area contributed by atoms with Gasteiger partial charge in [-0.25, -0.2) is 4.99 Å². The third kappa shape index (κ3) is 9.96. The molecule has 0 aliphatic carbocycles. The lowest BCUT2D eigenvalue weighted by atomic mass is 10.3. The van der Waals surface area contributed by atoms with E-state index >= 15 is 0 Å². The number of hydrogen-bond acceptors (Lipinski definition) is 4. The van der Waals surface area contributed by atoms with E-state index in [-0.39, 0.29) is 36.2 Å². The molecular formula is C19H31BrIN3O3. The molecule has 1 aromatic carbocycles. The molecule has 2 atom stereocenters. The van der Waals surface area contributed by atoms with Crippen LogP contribution in [0.15, 0.2) is 33.7 Å². The molecule has 2 unspecified atom stereocenters. The molecule has 154 valence electrons. The largest absolute Gasteiger partial charge is 0.488 e. The minimum atomic E-state index is -0.0187. The second-order valence-electron chi connectivity index (χ2n) is 6.22. The summed E-state index contributed by atoms with van der Waals surface area (Å²) in [4.78, 5) is 4.61. The highest BCUT2D eigenvalue weighted by atomic mass is 127. The Kier molecular flexibility index (Phi) is 13.1. The number of rotatable bonds is 10. The molecule has 27 heavy (non-hydrogen) atoms. The fourth-order valence-corrected chi connectivity index (χ4v) is 2.91. The Morgan fingerprint density at radius 3 is 2.89 bits per heavy atom. The monoisotopic (exact) mass is 555 g/mol. The molecule has 0 amide bonds. The van der Waals surface area contributed by atoms with Gasteiger partial charge in [0.25, 0.3) is 0 Å². The fraction of sp³-hybridized carbons (Fsp3) is 0.632. The number of halogens is 2. The second kappa shape index (κ2) is 14.4. The number of guanidine groups is 1. The van der Waals surface area contributed by atoms with Gasteiger partial charge in [-0.15, -0.1) is 24.0 Å². The van der Waals surface area contributed by atoms with Crippen LogP contribution in [-0.4, -0.2) is 57.6 Å². The predicted molar refractivity (Wildman–Crippen MR) is 123 cm³/mol. The van der Waals surface area contributed by atoms with Gasteiger partial charge in [0.1, 0.15) is 11.9 Å². The molecule has 0 bridgehead atoms. The van der Waals surface area contributed by atoms with Crippen LogP contribution in [0.3, 0.4) is 0 Å². The standard InChI is InChI=1S/C19H30BrN3O3.HI/c1-3-21-19(22-10-6-11-25-16-9-12-24-14-16)23-13-15(2)26-18-8-5-4-7-17(18)20;/h4-5,7-8,15-16H,3,6,9-14H2,1-2H3,(H2,21,22,23);1H. The van der Waals surface area contributed by atoms with Crippen molar-refractivity contribution in [3.63, 3.8) is 0 Å². The van der Waals surface area contributed by atoms with Crippen LogP contribution < -0.4 is 15.4 Å². The highest BCUT2D eigenvalue weighted by Gasteiger charge is 2.15. The molecule has 0 aromatic heterocycles. The van der Waals surface area contributed by atoms with E-state index in [0.29, 0.717) is 6.54 Å². The van der Waals surface area contributed by atoms with Crippen molar-refractivity contribution in [3.8, 4) is 5.75 Å². The summed E-state index contributed by atoms with van der Waals surface area (Å²) < 4.78 is 18.0. The number of hydrogen-bond donors (Lipinski definition) is 2. The van der Waals surface area contributed by atoms with Crippen LogP contribution >= 0.6 is 39.9 Å². The van der Waals surface area contributed by atoms with Gasteiger partial charge in [-0.05, 0) is 54.8 Å². The van der Waals surface area contributed by atoms with Crippen LogP contribution in [0.1, 0.15) is 26.7 Å². The van der Waals surface area contributed by atoms with Crippen LogP contribution in [0.25, 0.3) is 0 Å². The van der Waals surface area contributed by atoms with E-state index in [1.165, 1.54) is 0 Å². The van der Waals surface area contributed by atoms with Crippen molar-refractivity contribution in [1.29, 1.82) is 0 Å². The number of nitrogens with one attached hydrogen (secondary N) is 2. The van der Waals surface area contributed by atoms with E-state index < -0.39 is 0 Å². The summed E-state index contributed by atoms with van der Waals surface area (Å²) in [6.45, 7) is 8.58. The smallest absolute Gasteiger partial charge is 0.191 e. The van der Waals surface area contributed by atoms with E-state index in [2.05, 4.69) is 38.5 Å². The van der Waals surface area contributed by atoms with Crippen LogP contribution in [0.5, 0.6) is 5.75 Å². The molecule has 1 saturated heterocycles. The van der Waals surface area contributed by atoms with Gasteiger partial charge in [0.05, 0.1) is 23.7 Å². The molecule has 1 aliphatic rings. The summed E-state index contributed by atoms with van der Waals surface area (Å²) in [7, 11) is 0. The maximum atomic E-state index is 5.93. The first-order valence-corrected chi connectivity index (χ1v) is 10.1. The normalized spacial score (nSPS) is 17.9. The van der Waals surface area contributed by atoms with Crippen molar-refractivity contribution in [1.82, 2.24) is 10.6 Å². The zero-order chi connectivity index (χ0) is 18.6. The van der Waals surface area contributed by atoms with Crippen molar-refractivity contribution in [2.75, 3.05) is 39.5 Å². The van der Waals surface area contributed by atoms with Crippen molar-refractivity contribution in [2.24, 2.45) is 4.99 Å².